The summed E-state index contributed by atoms with van der Waals surface area (Å²) in [6.07, 6.45) is -2.57. The van der Waals surface area contributed by atoms with E-state index in [1.165, 1.54) is 42.3 Å². The van der Waals surface area contributed by atoms with Gasteiger partial charge in [-0.1, -0.05) is 0 Å². The fourth-order valence-corrected chi connectivity index (χ4v) is 2.06. The maximum absolute atomic E-state index is 11.2. The highest BCUT2D eigenvalue weighted by atomic mass is 16.6. The van der Waals surface area contributed by atoms with Crippen molar-refractivity contribution in [1.82, 2.24) is 0 Å². The van der Waals surface area contributed by atoms with Gasteiger partial charge in [0, 0.05) is 42.3 Å². The second-order valence-electron chi connectivity index (χ2n) is 4.58. The molecule has 8 heteroatoms. The van der Waals surface area contributed by atoms with E-state index in [0.29, 0.717) is 0 Å². The number of ether oxygens (including phenoxy) is 6. The van der Waals surface area contributed by atoms with E-state index in [9.17, 15) is 9.59 Å². The van der Waals surface area contributed by atoms with Crippen LogP contribution in [-0.2, 0) is 38.0 Å². The highest BCUT2D eigenvalue weighted by molar-refractivity contribution is 5.66. The first-order chi connectivity index (χ1) is 10.4. The van der Waals surface area contributed by atoms with Gasteiger partial charge in [-0.2, -0.15) is 0 Å². The summed E-state index contributed by atoms with van der Waals surface area (Å²) in [6.45, 7) is 2.71. The molecule has 0 aromatic rings. The summed E-state index contributed by atoms with van der Waals surface area (Å²) in [5, 5.41) is 0. The summed E-state index contributed by atoms with van der Waals surface area (Å²) in [4.78, 5) is 22.2. The molecule has 0 unspecified atom stereocenters. The molecule has 0 aliphatic rings. The molecule has 0 spiro atoms. The minimum atomic E-state index is -0.688. The molecule has 0 aliphatic carbocycles. The first kappa shape index (κ1) is 20.8. The predicted octanol–water partition coefficient (Wildman–Crippen LogP) is 0.173. The van der Waals surface area contributed by atoms with Gasteiger partial charge in [0.1, 0.15) is 24.9 Å². The molecule has 0 aliphatic heterocycles. The smallest absolute Gasteiger partial charge is 0.303 e. The molecule has 130 valence electrons. The Balaban J connectivity index is 5.12. The van der Waals surface area contributed by atoms with Crippen molar-refractivity contribution in [2.24, 2.45) is 0 Å². The van der Waals surface area contributed by atoms with Gasteiger partial charge >= 0.3 is 11.9 Å². The summed E-state index contributed by atoms with van der Waals surface area (Å²) in [5.74, 6) is -0.896. The van der Waals surface area contributed by atoms with Crippen LogP contribution in [0.2, 0.25) is 0 Å². The van der Waals surface area contributed by atoms with E-state index in [1.54, 1.807) is 0 Å². The molecule has 0 N–H and O–H groups in total. The predicted molar refractivity (Wildman–Crippen MR) is 76.5 cm³/mol. The first-order valence-electron chi connectivity index (χ1n) is 6.79. The van der Waals surface area contributed by atoms with E-state index < -0.39 is 36.4 Å². The van der Waals surface area contributed by atoms with Crippen molar-refractivity contribution in [3.05, 3.63) is 0 Å². The summed E-state index contributed by atoms with van der Waals surface area (Å²) in [5.41, 5.74) is 0. The Labute approximate surface area is 130 Å². The number of methoxy groups -OCH3 is 4. The molecule has 0 saturated heterocycles. The third kappa shape index (κ3) is 7.17. The average molecular weight is 322 g/mol. The van der Waals surface area contributed by atoms with Gasteiger partial charge in [0.05, 0.1) is 6.61 Å². The Morgan fingerprint density at radius 2 is 1.32 bits per heavy atom. The van der Waals surface area contributed by atoms with Crippen LogP contribution in [0.4, 0.5) is 0 Å². The molecule has 0 aromatic carbocycles. The number of hydrogen-bond donors (Lipinski definition) is 0. The Kier molecular flexibility index (Phi) is 10.7. The van der Waals surface area contributed by atoms with E-state index in [1.807, 2.05) is 0 Å². The zero-order valence-electron chi connectivity index (χ0n) is 14.0. The van der Waals surface area contributed by atoms with Crippen LogP contribution in [0.25, 0.3) is 0 Å². The van der Waals surface area contributed by atoms with Crippen molar-refractivity contribution in [3.63, 3.8) is 0 Å². The molecular formula is C14H26O8. The zero-order chi connectivity index (χ0) is 17.1. The highest BCUT2D eigenvalue weighted by Crippen LogP contribution is 2.17. The normalized spacial score (nSPS) is 16.5. The quantitative estimate of drug-likeness (QED) is 0.497. The summed E-state index contributed by atoms with van der Waals surface area (Å²) in [6, 6.07) is 0. The molecule has 0 rings (SSSR count). The molecule has 4 atom stereocenters. The van der Waals surface area contributed by atoms with Crippen LogP contribution in [0.5, 0.6) is 0 Å². The second kappa shape index (κ2) is 11.4. The van der Waals surface area contributed by atoms with E-state index in [-0.39, 0.29) is 13.2 Å². The fourth-order valence-electron chi connectivity index (χ4n) is 2.06. The van der Waals surface area contributed by atoms with Crippen molar-refractivity contribution in [3.8, 4) is 0 Å². The second-order valence-corrected chi connectivity index (χ2v) is 4.58. The molecular weight excluding hydrogens is 296 g/mol. The SMILES string of the molecule is COC[C@@H](OC(C)=O)[C@H](OC)[C@H](OC)[C@H](COC(C)=O)OC. The van der Waals surface area contributed by atoms with Crippen LogP contribution in [0.1, 0.15) is 13.8 Å². The fraction of sp³-hybridized carbons (Fsp3) is 0.857. The van der Waals surface area contributed by atoms with Gasteiger partial charge in [0.2, 0.25) is 0 Å². The molecule has 22 heavy (non-hydrogen) atoms. The van der Waals surface area contributed by atoms with Crippen molar-refractivity contribution in [1.29, 1.82) is 0 Å². The Bertz CT molecular complexity index is 333. The summed E-state index contributed by atoms with van der Waals surface area (Å²) >= 11 is 0. The topological polar surface area (TPSA) is 89.5 Å². The molecule has 0 saturated carbocycles. The lowest BCUT2D eigenvalue weighted by Gasteiger charge is -2.34. The number of hydrogen-bond acceptors (Lipinski definition) is 8. The van der Waals surface area contributed by atoms with Crippen LogP contribution in [0.15, 0.2) is 0 Å². The lowest BCUT2D eigenvalue weighted by molar-refractivity contribution is -0.185. The van der Waals surface area contributed by atoms with Crippen LogP contribution in [-0.4, -0.2) is 78.0 Å². The van der Waals surface area contributed by atoms with Gasteiger partial charge in [0.15, 0.2) is 6.10 Å². The lowest BCUT2D eigenvalue weighted by Crippen LogP contribution is -2.51. The van der Waals surface area contributed by atoms with E-state index in [2.05, 4.69) is 0 Å². The molecule has 8 nitrogen and oxygen atoms in total. The standard InChI is InChI=1S/C14H26O8/c1-9(15)21-8-11(18-4)13(19-5)14(20-6)12(7-17-3)22-10(2)16/h11-14H,7-8H2,1-6H3/t11-,12+,13+,14-/m0/s1. The summed E-state index contributed by atoms with van der Waals surface area (Å²) < 4.78 is 31.3. The Hall–Kier alpha value is -1.22. The number of rotatable bonds is 11. The minimum absolute atomic E-state index is 0.00995. The van der Waals surface area contributed by atoms with Crippen LogP contribution in [0, 0.1) is 0 Å². The average Bonchev–Trinajstić information content (AvgIpc) is 2.45. The highest BCUT2D eigenvalue weighted by Gasteiger charge is 2.38. The molecule has 0 fully saturated rings. The molecule has 0 aromatic heterocycles. The maximum Gasteiger partial charge on any atom is 0.303 e. The van der Waals surface area contributed by atoms with Gasteiger partial charge in [0.25, 0.3) is 0 Å². The largest absolute Gasteiger partial charge is 0.463 e. The van der Waals surface area contributed by atoms with Gasteiger partial charge in [-0.25, -0.2) is 0 Å². The Morgan fingerprint density at radius 1 is 0.773 bits per heavy atom. The van der Waals surface area contributed by atoms with E-state index in [4.69, 9.17) is 28.4 Å². The van der Waals surface area contributed by atoms with E-state index >= 15 is 0 Å². The van der Waals surface area contributed by atoms with Crippen LogP contribution in [0.3, 0.4) is 0 Å². The number of carbonyl (C=O) groups excluding carboxylic acids is 2. The molecule has 0 heterocycles. The third-order valence-electron chi connectivity index (χ3n) is 3.00. The van der Waals surface area contributed by atoms with Crippen molar-refractivity contribution in [2.75, 3.05) is 41.7 Å². The number of carbonyl (C=O) groups is 2. The van der Waals surface area contributed by atoms with Crippen LogP contribution >= 0.6 is 0 Å². The molecule has 0 radical (unpaired) electrons. The molecule has 0 amide bonds. The third-order valence-corrected chi connectivity index (χ3v) is 3.00. The lowest BCUT2D eigenvalue weighted by atomic mass is 10.0. The van der Waals surface area contributed by atoms with Gasteiger partial charge in [-0.05, 0) is 0 Å². The van der Waals surface area contributed by atoms with E-state index in [0.717, 1.165) is 0 Å². The summed E-state index contributed by atoms with van der Waals surface area (Å²) in [7, 11) is 5.87. The number of esters is 2. The zero-order valence-corrected chi connectivity index (χ0v) is 14.0. The maximum atomic E-state index is 11.2. The molecule has 0 bridgehead atoms. The van der Waals surface area contributed by atoms with Crippen LogP contribution < -0.4 is 0 Å². The van der Waals surface area contributed by atoms with Gasteiger partial charge < -0.3 is 28.4 Å². The van der Waals surface area contributed by atoms with Gasteiger partial charge in [-0.15, -0.1) is 0 Å². The van der Waals surface area contributed by atoms with Crippen molar-refractivity contribution in [2.45, 2.75) is 38.3 Å². The minimum Gasteiger partial charge on any atom is -0.463 e. The first-order valence-corrected chi connectivity index (χ1v) is 6.79. The van der Waals surface area contributed by atoms with Gasteiger partial charge in [-0.3, -0.25) is 9.59 Å². The van der Waals surface area contributed by atoms with Crippen molar-refractivity contribution < 1.29 is 38.0 Å². The van der Waals surface area contributed by atoms with Crippen molar-refractivity contribution >= 4 is 11.9 Å². The Morgan fingerprint density at radius 3 is 1.68 bits per heavy atom. The monoisotopic (exact) mass is 322 g/mol.